The van der Waals surface area contributed by atoms with Crippen LogP contribution < -0.4 is 0 Å². The first-order valence-corrected chi connectivity index (χ1v) is 5.74. The summed E-state index contributed by atoms with van der Waals surface area (Å²) in [5, 5.41) is 0. The van der Waals surface area contributed by atoms with Crippen molar-refractivity contribution in [3.63, 3.8) is 0 Å². The predicted molar refractivity (Wildman–Crippen MR) is 55.0 cm³/mol. The Morgan fingerprint density at radius 2 is 2.09 bits per heavy atom. The molecule has 2 nitrogen and oxygen atoms in total. The summed E-state index contributed by atoms with van der Waals surface area (Å²) < 4.78 is 1.21. The third kappa shape index (κ3) is 1.42. The fourth-order valence-corrected chi connectivity index (χ4v) is 3.07. The van der Waals surface area contributed by atoms with Crippen molar-refractivity contribution in [2.24, 2.45) is 5.41 Å². The number of hydrogen-bond donors (Lipinski definition) is 0. The number of likely N-dealkylation sites (tertiary alicyclic amines) is 2. The highest BCUT2D eigenvalue weighted by molar-refractivity contribution is 14.1. The van der Waals surface area contributed by atoms with Gasteiger partial charge in [-0.1, -0.05) is 22.6 Å². The molecule has 0 unspecified atom stereocenters. The van der Waals surface area contributed by atoms with Crippen LogP contribution >= 0.6 is 22.6 Å². The molecule has 0 aromatic heterocycles. The van der Waals surface area contributed by atoms with Crippen molar-refractivity contribution in [3.05, 3.63) is 0 Å². The van der Waals surface area contributed by atoms with Crippen molar-refractivity contribution in [2.75, 3.05) is 37.8 Å². The molecule has 0 aliphatic carbocycles. The van der Waals surface area contributed by atoms with Crippen LogP contribution in [0.2, 0.25) is 0 Å². The number of hydrogen-bond acceptors (Lipinski definition) is 2. The molecule has 64 valence electrons. The van der Waals surface area contributed by atoms with Crippen molar-refractivity contribution < 1.29 is 0 Å². The first kappa shape index (κ1) is 8.26. The molecule has 0 aromatic carbocycles. The van der Waals surface area contributed by atoms with Crippen LogP contribution in [0.4, 0.5) is 0 Å². The minimum absolute atomic E-state index is 0.708. The van der Waals surface area contributed by atoms with Crippen LogP contribution in [0.1, 0.15) is 6.42 Å². The number of halogens is 1. The van der Waals surface area contributed by atoms with Crippen LogP contribution in [0.5, 0.6) is 0 Å². The number of alkyl halides is 1. The predicted octanol–water partition coefficient (Wildman–Crippen LogP) is 1.02. The zero-order chi connectivity index (χ0) is 7.90. The van der Waals surface area contributed by atoms with Crippen LogP contribution in [-0.2, 0) is 0 Å². The highest BCUT2D eigenvalue weighted by atomic mass is 127. The zero-order valence-electron chi connectivity index (χ0n) is 7.02. The molecular formula is C8H15IN2. The Bertz CT molecular complexity index is 154. The minimum atomic E-state index is 0.708. The van der Waals surface area contributed by atoms with E-state index in [2.05, 4.69) is 39.4 Å². The number of rotatable bonds is 1. The Balaban J connectivity index is 1.89. The Kier molecular flexibility index (Phi) is 2.14. The molecule has 2 heterocycles. The Hall–Kier alpha value is 0.650. The highest BCUT2D eigenvalue weighted by Crippen LogP contribution is 2.38. The van der Waals surface area contributed by atoms with E-state index in [4.69, 9.17) is 0 Å². The van der Waals surface area contributed by atoms with Gasteiger partial charge in [-0.25, -0.2) is 0 Å². The summed E-state index contributed by atoms with van der Waals surface area (Å²) in [7, 11) is 2.22. The van der Waals surface area contributed by atoms with Gasteiger partial charge in [-0.2, -0.15) is 0 Å². The van der Waals surface area contributed by atoms with Gasteiger partial charge in [0.15, 0.2) is 0 Å². The fraction of sp³-hybridized carbons (Fsp3) is 1.00. The van der Waals surface area contributed by atoms with Crippen molar-refractivity contribution in [1.29, 1.82) is 0 Å². The van der Waals surface area contributed by atoms with Gasteiger partial charge in [0.1, 0.15) is 0 Å². The minimum Gasteiger partial charge on any atom is -0.305 e. The van der Waals surface area contributed by atoms with Crippen molar-refractivity contribution in [3.8, 4) is 0 Å². The average molecular weight is 266 g/mol. The molecule has 2 fully saturated rings. The maximum atomic E-state index is 2.56. The third-order valence-corrected chi connectivity index (χ3v) is 3.86. The lowest BCUT2D eigenvalue weighted by Crippen LogP contribution is -2.55. The molecule has 1 spiro atoms. The van der Waals surface area contributed by atoms with Gasteiger partial charge >= 0.3 is 0 Å². The van der Waals surface area contributed by atoms with Gasteiger partial charge in [0.2, 0.25) is 0 Å². The van der Waals surface area contributed by atoms with E-state index < -0.39 is 0 Å². The summed E-state index contributed by atoms with van der Waals surface area (Å²) in [6.07, 6.45) is 1.43. The lowest BCUT2D eigenvalue weighted by atomic mass is 9.80. The molecule has 0 aromatic rings. The van der Waals surface area contributed by atoms with E-state index >= 15 is 0 Å². The molecule has 2 rings (SSSR count). The molecule has 3 heteroatoms. The standard InChI is InChI=1S/C8H15IN2/c1-10-4-8(5-10)2-3-11(6-8)7-9/h2-7H2,1H3. The molecule has 2 saturated heterocycles. The van der Waals surface area contributed by atoms with E-state index in [1.165, 1.54) is 37.2 Å². The normalized spacial score (nSPS) is 31.1. The summed E-state index contributed by atoms with van der Waals surface area (Å²) in [5.41, 5.74) is 0.708. The van der Waals surface area contributed by atoms with Crippen molar-refractivity contribution >= 4 is 22.6 Å². The summed E-state index contributed by atoms with van der Waals surface area (Å²) in [5.74, 6) is 0. The first-order valence-electron chi connectivity index (χ1n) is 4.21. The molecular weight excluding hydrogens is 251 g/mol. The maximum Gasteiger partial charge on any atom is 0.0505 e. The molecule has 11 heavy (non-hydrogen) atoms. The van der Waals surface area contributed by atoms with Gasteiger partial charge in [-0.15, -0.1) is 0 Å². The molecule has 0 amide bonds. The topological polar surface area (TPSA) is 6.48 Å². The van der Waals surface area contributed by atoms with Gasteiger partial charge in [0.25, 0.3) is 0 Å². The smallest absolute Gasteiger partial charge is 0.0505 e. The quantitative estimate of drug-likeness (QED) is 0.397. The van der Waals surface area contributed by atoms with E-state index in [1.807, 2.05) is 0 Å². The van der Waals surface area contributed by atoms with E-state index in [0.717, 1.165) is 0 Å². The first-order chi connectivity index (χ1) is 5.24. The molecule has 0 N–H and O–H groups in total. The largest absolute Gasteiger partial charge is 0.305 e. The summed E-state index contributed by atoms with van der Waals surface area (Å²) >= 11 is 2.46. The lowest BCUT2D eigenvalue weighted by Gasteiger charge is -2.46. The average Bonchev–Trinajstić information content (AvgIpc) is 2.31. The highest BCUT2D eigenvalue weighted by Gasteiger charge is 2.45. The molecule has 0 radical (unpaired) electrons. The summed E-state index contributed by atoms with van der Waals surface area (Å²) in [4.78, 5) is 4.99. The lowest BCUT2D eigenvalue weighted by molar-refractivity contribution is 0.0327. The molecule has 2 aliphatic rings. The number of nitrogens with zero attached hydrogens (tertiary/aromatic N) is 2. The van der Waals surface area contributed by atoms with E-state index in [-0.39, 0.29) is 0 Å². The maximum absolute atomic E-state index is 2.56. The second-order valence-electron chi connectivity index (χ2n) is 4.09. The Morgan fingerprint density at radius 1 is 1.36 bits per heavy atom. The zero-order valence-corrected chi connectivity index (χ0v) is 9.17. The second-order valence-corrected chi connectivity index (χ2v) is 4.78. The molecule has 0 atom stereocenters. The van der Waals surface area contributed by atoms with Gasteiger partial charge in [-0.3, -0.25) is 4.90 Å². The van der Waals surface area contributed by atoms with Gasteiger partial charge in [0, 0.05) is 25.0 Å². The van der Waals surface area contributed by atoms with E-state index in [1.54, 1.807) is 0 Å². The van der Waals surface area contributed by atoms with Crippen LogP contribution in [-0.4, -0.2) is 47.6 Å². The van der Waals surface area contributed by atoms with Crippen LogP contribution in [0.15, 0.2) is 0 Å². The van der Waals surface area contributed by atoms with Gasteiger partial charge in [-0.05, 0) is 20.0 Å². The van der Waals surface area contributed by atoms with Crippen LogP contribution in [0.3, 0.4) is 0 Å². The summed E-state index contributed by atoms with van der Waals surface area (Å²) in [6.45, 7) is 5.34. The summed E-state index contributed by atoms with van der Waals surface area (Å²) in [6, 6.07) is 0. The molecule has 2 aliphatic heterocycles. The molecule has 0 saturated carbocycles. The van der Waals surface area contributed by atoms with Crippen molar-refractivity contribution in [2.45, 2.75) is 6.42 Å². The monoisotopic (exact) mass is 266 g/mol. The molecule has 0 bridgehead atoms. The van der Waals surface area contributed by atoms with E-state index in [9.17, 15) is 0 Å². The van der Waals surface area contributed by atoms with Gasteiger partial charge in [0.05, 0.1) is 4.55 Å². The Labute approximate surface area is 82.1 Å². The fourth-order valence-electron chi connectivity index (χ4n) is 2.49. The van der Waals surface area contributed by atoms with Gasteiger partial charge < -0.3 is 4.90 Å². The Morgan fingerprint density at radius 3 is 2.55 bits per heavy atom. The SMILES string of the molecule is CN1CC2(CCN(CI)C2)C1. The second kappa shape index (κ2) is 2.85. The van der Waals surface area contributed by atoms with Crippen LogP contribution in [0.25, 0.3) is 0 Å². The third-order valence-electron chi connectivity index (χ3n) is 2.90. The van der Waals surface area contributed by atoms with Crippen molar-refractivity contribution in [1.82, 2.24) is 9.80 Å². The van der Waals surface area contributed by atoms with E-state index in [0.29, 0.717) is 5.41 Å². The van der Waals surface area contributed by atoms with Crippen LogP contribution in [0, 0.1) is 5.41 Å².